The van der Waals surface area contributed by atoms with E-state index >= 15 is 0 Å². The van der Waals surface area contributed by atoms with Crippen molar-refractivity contribution in [2.45, 2.75) is 245 Å². The van der Waals surface area contributed by atoms with Crippen LogP contribution in [0.15, 0.2) is 0 Å². The van der Waals surface area contributed by atoms with E-state index in [9.17, 15) is 9.59 Å². The zero-order valence-corrected chi connectivity index (χ0v) is 33.3. The number of nitrogens with zero attached hydrogens (tertiary/aromatic N) is 1. The topological polar surface area (TPSA) is 55.8 Å². The van der Waals surface area contributed by atoms with Gasteiger partial charge in [-0.15, -0.1) is 0 Å². The summed E-state index contributed by atoms with van der Waals surface area (Å²) < 4.78 is 12.0. The van der Waals surface area contributed by atoms with Crippen LogP contribution in [0.3, 0.4) is 0 Å². The van der Waals surface area contributed by atoms with Crippen molar-refractivity contribution in [3.05, 3.63) is 0 Å². The number of carbonyl (C=O) groups is 2. The minimum absolute atomic E-state index is 0.0171. The predicted molar refractivity (Wildman–Crippen MR) is 208 cm³/mol. The van der Waals surface area contributed by atoms with Gasteiger partial charge >= 0.3 is 11.9 Å². The van der Waals surface area contributed by atoms with Crippen LogP contribution in [0.2, 0.25) is 0 Å². The van der Waals surface area contributed by atoms with Gasteiger partial charge in [-0.3, -0.25) is 9.59 Å². The maximum atomic E-state index is 12.8. The molecule has 5 heteroatoms. The van der Waals surface area contributed by atoms with Gasteiger partial charge in [0.2, 0.25) is 0 Å². The van der Waals surface area contributed by atoms with Gasteiger partial charge in [0.25, 0.3) is 0 Å². The van der Waals surface area contributed by atoms with Crippen LogP contribution < -0.4 is 0 Å². The molecule has 0 fully saturated rings. The normalized spacial score (nSPS) is 12.2. The summed E-state index contributed by atoms with van der Waals surface area (Å²) in [4.78, 5) is 27.4. The van der Waals surface area contributed by atoms with E-state index in [1.54, 1.807) is 0 Å². The molecular weight excluding hydrogens is 594 g/mol. The highest BCUT2D eigenvalue weighted by atomic mass is 16.5. The molecule has 1 atom stereocenters. The molecule has 1 unspecified atom stereocenters. The average molecular weight is 680 g/mol. The smallest absolute Gasteiger partial charge is 0.306 e. The van der Waals surface area contributed by atoms with E-state index in [0.29, 0.717) is 12.8 Å². The van der Waals surface area contributed by atoms with Gasteiger partial charge in [0.15, 0.2) is 0 Å². The summed E-state index contributed by atoms with van der Waals surface area (Å²) in [7, 11) is 4.09. The van der Waals surface area contributed by atoms with Crippen molar-refractivity contribution >= 4 is 11.9 Å². The van der Waals surface area contributed by atoms with E-state index < -0.39 is 0 Å². The molecule has 0 aromatic heterocycles. The Hall–Kier alpha value is -1.10. The summed E-state index contributed by atoms with van der Waals surface area (Å²) in [6.45, 7) is 7.72. The summed E-state index contributed by atoms with van der Waals surface area (Å²) in [6, 6.07) is 0. The monoisotopic (exact) mass is 680 g/mol. The third kappa shape index (κ3) is 34.8. The van der Waals surface area contributed by atoms with Crippen molar-refractivity contribution in [1.82, 2.24) is 4.90 Å². The molecule has 0 saturated carbocycles. The van der Waals surface area contributed by atoms with Crippen molar-refractivity contribution < 1.29 is 19.1 Å². The molecule has 0 rings (SSSR count). The standard InChI is InChI=1S/C43H85NO4/c1-6-9-12-15-17-19-23-28-34-40(35-29-24-20-18-16-13-10-7-2)47-42(45)37-31-26-21-25-30-36-41(33-27-22-14-11-8-3)48-43(46)38-32-39-44(4)5/h40-41H,6-39H2,1-5H3. The van der Waals surface area contributed by atoms with E-state index in [1.807, 2.05) is 14.1 Å². The summed E-state index contributed by atoms with van der Waals surface area (Å²) in [5.74, 6) is -0.0134. The highest BCUT2D eigenvalue weighted by molar-refractivity contribution is 5.69. The van der Waals surface area contributed by atoms with Crippen LogP contribution in [-0.4, -0.2) is 49.7 Å². The molecule has 48 heavy (non-hydrogen) atoms. The third-order valence-corrected chi connectivity index (χ3v) is 9.88. The van der Waals surface area contributed by atoms with Gasteiger partial charge in [-0.05, 0) is 84.8 Å². The van der Waals surface area contributed by atoms with Gasteiger partial charge in [-0.1, -0.05) is 156 Å². The van der Waals surface area contributed by atoms with Crippen LogP contribution in [0.25, 0.3) is 0 Å². The zero-order chi connectivity index (χ0) is 35.3. The Kier molecular flexibility index (Phi) is 36.3. The Balaban J connectivity index is 4.39. The fourth-order valence-corrected chi connectivity index (χ4v) is 6.71. The van der Waals surface area contributed by atoms with Crippen LogP contribution >= 0.6 is 0 Å². The van der Waals surface area contributed by atoms with E-state index in [4.69, 9.17) is 9.47 Å². The second-order valence-electron chi connectivity index (χ2n) is 15.2. The van der Waals surface area contributed by atoms with Crippen LogP contribution in [-0.2, 0) is 19.1 Å². The fourth-order valence-electron chi connectivity index (χ4n) is 6.71. The molecule has 0 aromatic rings. The zero-order valence-electron chi connectivity index (χ0n) is 33.3. The van der Waals surface area contributed by atoms with Crippen LogP contribution in [0.4, 0.5) is 0 Å². The van der Waals surface area contributed by atoms with Crippen LogP contribution in [0, 0.1) is 0 Å². The molecule has 0 heterocycles. The highest BCUT2D eigenvalue weighted by Crippen LogP contribution is 2.20. The quantitative estimate of drug-likeness (QED) is 0.0480. The van der Waals surface area contributed by atoms with E-state index in [0.717, 1.165) is 77.2 Å². The van der Waals surface area contributed by atoms with Crippen molar-refractivity contribution in [1.29, 1.82) is 0 Å². The molecule has 0 aliphatic carbocycles. The van der Waals surface area contributed by atoms with Gasteiger partial charge in [0, 0.05) is 12.8 Å². The Morgan fingerprint density at radius 1 is 0.396 bits per heavy atom. The molecule has 0 N–H and O–H groups in total. The number of hydrogen-bond donors (Lipinski definition) is 0. The molecule has 0 aliphatic rings. The van der Waals surface area contributed by atoms with Gasteiger partial charge < -0.3 is 14.4 Å². The van der Waals surface area contributed by atoms with Gasteiger partial charge in [0.1, 0.15) is 12.2 Å². The maximum Gasteiger partial charge on any atom is 0.306 e. The lowest BCUT2D eigenvalue weighted by Gasteiger charge is -2.19. The Morgan fingerprint density at radius 3 is 0.979 bits per heavy atom. The molecule has 0 spiro atoms. The molecule has 0 aliphatic heterocycles. The first-order chi connectivity index (χ1) is 23.4. The molecular formula is C43H85NO4. The van der Waals surface area contributed by atoms with E-state index in [2.05, 4.69) is 25.7 Å². The van der Waals surface area contributed by atoms with Gasteiger partial charge in [-0.25, -0.2) is 0 Å². The van der Waals surface area contributed by atoms with Crippen LogP contribution in [0.5, 0.6) is 0 Å². The lowest BCUT2D eigenvalue weighted by atomic mass is 10.0. The fraction of sp³-hybridized carbons (Fsp3) is 0.953. The SMILES string of the molecule is CCCCCCCCCCC(CCCCCCCCCC)OC(=O)CCCCCCCC(CCCCCCC)OC(=O)CCCN(C)C. The Morgan fingerprint density at radius 2 is 0.667 bits per heavy atom. The average Bonchev–Trinajstić information content (AvgIpc) is 3.06. The van der Waals surface area contributed by atoms with Crippen molar-refractivity contribution in [2.75, 3.05) is 20.6 Å². The summed E-state index contributed by atoms with van der Waals surface area (Å²) in [5, 5.41) is 0. The summed E-state index contributed by atoms with van der Waals surface area (Å²) in [6.07, 6.45) is 38.8. The minimum atomic E-state index is -0.0305. The Labute approximate surface area is 300 Å². The number of rotatable bonds is 38. The molecule has 0 radical (unpaired) electrons. The largest absolute Gasteiger partial charge is 0.462 e. The lowest BCUT2D eigenvalue weighted by molar-refractivity contribution is -0.151. The number of hydrogen-bond acceptors (Lipinski definition) is 5. The predicted octanol–water partition coefficient (Wildman–Crippen LogP) is 13.3. The van der Waals surface area contributed by atoms with Crippen molar-refractivity contribution in [3.8, 4) is 0 Å². The summed E-state index contributed by atoms with van der Waals surface area (Å²) in [5.41, 5.74) is 0. The summed E-state index contributed by atoms with van der Waals surface area (Å²) >= 11 is 0. The minimum Gasteiger partial charge on any atom is -0.462 e. The highest BCUT2D eigenvalue weighted by Gasteiger charge is 2.16. The molecule has 0 saturated heterocycles. The van der Waals surface area contributed by atoms with E-state index in [1.165, 1.54) is 128 Å². The number of esters is 2. The molecule has 5 nitrogen and oxygen atoms in total. The molecule has 0 amide bonds. The first-order valence-corrected chi connectivity index (χ1v) is 21.5. The van der Waals surface area contributed by atoms with Gasteiger partial charge in [-0.2, -0.15) is 0 Å². The second kappa shape index (κ2) is 37.2. The number of unbranched alkanes of at least 4 members (excludes halogenated alkanes) is 22. The van der Waals surface area contributed by atoms with E-state index in [-0.39, 0.29) is 24.1 Å². The first kappa shape index (κ1) is 46.9. The second-order valence-corrected chi connectivity index (χ2v) is 15.2. The lowest BCUT2D eigenvalue weighted by Crippen LogP contribution is -2.20. The maximum absolute atomic E-state index is 12.8. The first-order valence-electron chi connectivity index (χ1n) is 21.5. The van der Waals surface area contributed by atoms with Crippen molar-refractivity contribution in [2.24, 2.45) is 0 Å². The van der Waals surface area contributed by atoms with Crippen molar-refractivity contribution in [3.63, 3.8) is 0 Å². The molecule has 286 valence electrons. The Bertz CT molecular complexity index is 662. The molecule has 0 bridgehead atoms. The molecule has 0 aromatic carbocycles. The number of ether oxygens (including phenoxy) is 2. The third-order valence-electron chi connectivity index (χ3n) is 9.88. The van der Waals surface area contributed by atoms with Gasteiger partial charge in [0.05, 0.1) is 0 Å². The van der Waals surface area contributed by atoms with Crippen LogP contribution in [0.1, 0.15) is 233 Å². The number of carbonyl (C=O) groups excluding carboxylic acids is 2.